The molecule has 0 bridgehead atoms. The van der Waals surface area contributed by atoms with Crippen LogP contribution in [0.15, 0.2) is 30.3 Å². The first kappa shape index (κ1) is 15.2. The molecule has 0 heterocycles. The SMILES string of the molecule is CC.CCC(CCCNC)c1ccccc1. The Morgan fingerprint density at radius 2 is 1.75 bits per heavy atom. The average Bonchev–Trinajstić information content (AvgIpc) is 2.38. The van der Waals surface area contributed by atoms with Crippen LogP contribution in [0.5, 0.6) is 0 Å². The van der Waals surface area contributed by atoms with Crippen molar-refractivity contribution in [1.29, 1.82) is 0 Å². The molecule has 1 N–H and O–H groups in total. The van der Waals surface area contributed by atoms with Gasteiger partial charge < -0.3 is 5.32 Å². The van der Waals surface area contributed by atoms with E-state index in [1.807, 2.05) is 20.9 Å². The second kappa shape index (κ2) is 10.7. The highest BCUT2D eigenvalue weighted by Crippen LogP contribution is 2.23. The number of rotatable bonds is 6. The summed E-state index contributed by atoms with van der Waals surface area (Å²) in [5.74, 6) is 0.740. The minimum atomic E-state index is 0.740. The summed E-state index contributed by atoms with van der Waals surface area (Å²) in [6.45, 7) is 7.40. The smallest absolute Gasteiger partial charge is 0.00517 e. The van der Waals surface area contributed by atoms with E-state index in [1.54, 1.807) is 0 Å². The van der Waals surface area contributed by atoms with Gasteiger partial charge in [0.1, 0.15) is 0 Å². The molecule has 0 saturated carbocycles. The zero-order valence-electron chi connectivity index (χ0n) is 11.3. The van der Waals surface area contributed by atoms with Gasteiger partial charge in [-0.15, -0.1) is 0 Å². The lowest BCUT2D eigenvalue weighted by molar-refractivity contribution is 0.561. The Balaban J connectivity index is 0.00000106. The quantitative estimate of drug-likeness (QED) is 0.710. The van der Waals surface area contributed by atoms with Crippen molar-refractivity contribution in [2.24, 2.45) is 0 Å². The second-order valence-electron chi connectivity index (χ2n) is 3.76. The van der Waals surface area contributed by atoms with Crippen molar-refractivity contribution >= 4 is 0 Å². The minimum Gasteiger partial charge on any atom is -0.320 e. The summed E-state index contributed by atoms with van der Waals surface area (Å²) in [5, 5.41) is 3.20. The highest BCUT2D eigenvalue weighted by molar-refractivity contribution is 5.19. The van der Waals surface area contributed by atoms with Gasteiger partial charge in [-0.3, -0.25) is 0 Å². The van der Waals surface area contributed by atoms with Gasteiger partial charge in [-0.1, -0.05) is 51.1 Å². The van der Waals surface area contributed by atoms with Crippen LogP contribution in [0.1, 0.15) is 51.5 Å². The Hall–Kier alpha value is -0.820. The predicted octanol–water partition coefficient (Wildman–Crippen LogP) is 4.21. The molecule has 1 rings (SSSR count). The fraction of sp³-hybridized carbons (Fsp3) is 0.600. The molecular formula is C15H27N. The lowest BCUT2D eigenvalue weighted by Gasteiger charge is -2.14. The number of nitrogens with one attached hydrogen (secondary N) is 1. The zero-order valence-corrected chi connectivity index (χ0v) is 11.3. The fourth-order valence-corrected chi connectivity index (χ4v) is 1.86. The van der Waals surface area contributed by atoms with Crippen molar-refractivity contribution in [3.8, 4) is 0 Å². The Kier molecular flexibility index (Phi) is 10.1. The summed E-state index contributed by atoms with van der Waals surface area (Å²) in [6, 6.07) is 10.8. The van der Waals surface area contributed by atoms with E-state index in [9.17, 15) is 0 Å². The van der Waals surface area contributed by atoms with E-state index in [1.165, 1.54) is 24.8 Å². The molecule has 0 aromatic heterocycles. The highest BCUT2D eigenvalue weighted by Gasteiger charge is 2.07. The van der Waals surface area contributed by atoms with Crippen LogP contribution in [0.2, 0.25) is 0 Å². The Morgan fingerprint density at radius 3 is 2.25 bits per heavy atom. The van der Waals surface area contributed by atoms with Gasteiger partial charge in [0, 0.05) is 0 Å². The molecule has 0 aliphatic rings. The van der Waals surface area contributed by atoms with Crippen molar-refractivity contribution in [2.45, 2.75) is 46.0 Å². The number of hydrogen-bond acceptors (Lipinski definition) is 1. The topological polar surface area (TPSA) is 12.0 Å². The van der Waals surface area contributed by atoms with Crippen molar-refractivity contribution in [3.63, 3.8) is 0 Å². The molecule has 1 atom stereocenters. The van der Waals surface area contributed by atoms with E-state index in [2.05, 4.69) is 42.6 Å². The molecule has 1 nitrogen and oxygen atoms in total. The minimum absolute atomic E-state index is 0.740. The fourth-order valence-electron chi connectivity index (χ4n) is 1.86. The zero-order chi connectivity index (χ0) is 12.2. The maximum atomic E-state index is 3.20. The van der Waals surface area contributed by atoms with E-state index in [0.29, 0.717) is 0 Å². The average molecular weight is 221 g/mol. The summed E-state index contributed by atoms with van der Waals surface area (Å²) in [6.07, 6.45) is 3.80. The Labute approximate surface area is 101 Å². The molecule has 1 heteroatoms. The molecular weight excluding hydrogens is 194 g/mol. The largest absolute Gasteiger partial charge is 0.320 e. The van der Waals surface area contributed by atoms with Crippen molar-refractivity contribution in [3.05, 3.63) is 35.9 Å². The molecule has 1 aromatic rings. The third-order valence-electron chi connectivity index (χ3n) is 2.74. The molecule has 0 spiro atoms. The molecule has 0 amide bonds. The molecule has 0 aliphatic heterocycles. The monoisotopic (exact) mass is 221 g/mol. The van der Waals surface area contributed by atoms with E-state index < -0.39 is 0 Å². The van der Waals surface area contributed by atoms with E-state index in [0.717, 1.165) is 12.5 Å². The maximum absolute atomic E-state index is 3.20. The van der Waals surface area contributed by atoms with E-state index in [4.69, 9.17) is 0 Å². The lowest BCUT2D eigenvalue weighted by atomic mass is 9.92. The van der Waals surface area contributed by atoms with Gasteiger partial charge in [0.15, 0.2) is 0 Å². The molecule has 0 radical (unpaired) electrons. The van der Waals surface area contributed by atoms with Gasteiger partial charge in [0.2, 0.25) is 0 Å². The normalized spacial score (nSPS) is 11.5. The van der Waals surface area contributed by atoms with Crippen LogP contribution in [0.4, 0.5) is 0 Å². The van der Waals surface area contributed by atoms with E-state index >= 15 is 0 Å². The highest BCUT2D eigenvalue weighted by atomic mass is 14.8. The summed E-state index contributed by atoms with van der Waals surface area (Å²) < 4.78 is 0. The summed E-state index contributed by atoms with van der Waals surface area (Å²) >= 11 is 0. The second-order valence-corrected chi connectivity index (χ2v) is 3.76. The maximum Gasteiger partial charge on any atom is -0.00517 e. The van der Waals surface area contributed by atoms with E-state index in [-0.39, 0.29) is 0 Å². The molecule has 0 fully saturated rings. The first-order valence-corrected chi connectivity index (χ1v) is 6.58. The number of benzene rings is 1. The number of hydrogen-bond donors (Lipinski definition) is 1. The third kappa shape index (κ3) is 5.92. The van der Waals surface area contributed by atoms with Crippen molar-refractivity contribution < 1.29 is 0 Å². The molecule has 92 valence electrons. The van der Waals surface area contributed by atoms with Gasteiger partial charge in [0.25, 0.3) is 0 Å². The van der Waals surface area contributed by atoms with Crippen LogP contribution in [-0.4, -0.2) is 13.6 Å². The first-order valence-electron chi connectivity index (χ1n) is 6.58. The molecule has 1 aromatic carbocycles. The molecule has 0 saturated heterocycles. The molecule has 0 aliphatic carbocycles. The van der Waals surface area contributed by atoms with Crippen LogP contribution in [0.3, 0.4) is 0 Å². The molecule has 1 unspecified atom stereocenters. The van der Waals surface area contributed by atoms with Gasteiger partial charge in [-0.05, 0) is 44.3 Å². The summed E-state index contributed by atoms with van der Waals surface area (Å²) in [5.41, 5.74) is 1.49. The van der Waals surface area contributed by atoms with Gasteiger partial charge >= 0.3 is 0 Å². The first-order chi connectivity index (χ1) is 7.88. The van der Waals surface area contributed by atoms with Gasteiger partial charge in [0.05, 0.1) is 0 Å². The molecule has 16 heavy (non-hydrogen) atoms. The Bertz CT molecular complexity index is 230. The third-order valence-corrected chi connectivity index (χ3v) is 2.74. The summed E-state index contributed by atoms with van der Waals surface area (Å²) in [4.78, 5) is 0. The van der Waals surface area contributed by atoms with Gasteiger partial charge in [-0.2, -0.15) is 0 Å². The van der Waals surface area contributed by atoms with Crippen molar-refractivity contribution in [2.75, 3.05) is 13.6 Å². The standard InChI is InChI=1S/C13H21N.C2H6/c1-3-12(10-7-11-14-2)13-8-5-4-6-9-13;1-2/h4-6,8-9,12,14H,3,7,10-11H2,1-2H3;1-2H3. The Morgan fingerprint density at radius 1 is 1.12 bits per heavy atom. The van der Waals surface area contributed by atoms with Crippen LogP contribution in [0.25, 0.3) is 0 Å². The summed E-state index contributed by atoms with van der Waals surface area (Å²) in [7, 11) is 2.02. The van der Waals surface area contributed by atoms with Crippen LogP contribution in [0, 0.1) is 0 Å². The van der Waals surface area contributed by atoms with Crippen LogP contribution in [-0.2, 0) is 0 Å². The van der Waals surface area contributed by atoms with Crippen molar-refractivity contribution in [1.82, 2.24) is 5.32 Å². The lowest BCUT2D eigenvalue weighted by Crippen LogP contribution is -2.09. The predicted molar refractivity (Wildman–Crippen MR) is 74.0 cm³/mol. The van der Waals surface area contributed by atoms with Crippen LogP contribution >= 0.6 is 0 Å². The van der Waals surface area contributed by atoms with Gasteiger partial charge in [-0.25, -0.2) is 0 Å². The van der Waals surface area contributed by atoms with Crippen LogP contribution < -0.4 is 5.32 Å².